The minimum atomic E-state index is -0.336. The van der Waals surface area contributed by atoms with Crippen LogP contribution in [0.3, 0.4) is 0 Å². The molecule has 7 heteroatoms. The minimum Gasteiger partial charge on any atom is -0.459 e. The van der Waals surface area contributed by atoms with Gasteiger partial charge in [0.1, 0.15) is 0 Å². The molecular weight excluding hydrogens is 374 g/mol. The highest BCUT2D eigenvalue weighted by Gasteiger charge is 2.11. The molecule has 0 aliphatic heterocycles. The lowest BCUT2D eigenvalue weighted by Gasteiger charge is -2.04. The van der Waals surface area contributed by atoms with Crippen molar-refractivity contribution < 1.29 is 14.0 Å². The van der Waals surface area contributed by atoms with Gasteiger partial charge < -0.3 is 15.1 Å². The molecule has 0 bridgehead atoms. The molecule has 2 heterocycles. The number of carbonyl (C=O) groups is 2. The lowest BCUT2D eigenvalue weighted by molar-refractivity contribution is -0.116. The van der Waals surface area contributed by atoms with E-state index in [0.717, 1.165) is 17.7 Å². The van der Waals surface area contributed by atoms with E-state index < -0.39 is 0 Å². The van der Waals surface area contributed by atoms with Crippen LogP contribution >= 0.6 is 11.3 Å². The highest BCUT2D eigenvalue weighted by Crippen LogP contribution is 2.25. The third kappa shape index (κ3) is 5.53. The standard InChI is InChI=1S/C21H23N3O3S/c1-2-3-5-15-7-9-16(10-8-15)17-14-28-21(23-17)24-19(25)11-12-22-20(26)18-6-4-13-27-18/h4,6-10,13-14H,2-3,5,11-12H2,1H3,(H,22,26)(H,23,24,25). The Balaban J connectivity index is 1.47. The first-order valence-corrected chi connectivity index (χ1v) is 10.2. The van der Waals surface area contributed by atoms with Gasteiger partial charge in [-0.2, -0.15) is 0 Å². The normalized spacial score (nSPS) is 10.6. The average molecular weight is 398 g/mol. The van der Waals surface area contributed by atoms with Gasteiger partial charge in [0.05, 0.1) is 12.0 Å². The molecule has 0 aliphatic rings. The number of hydrogen-bond donors (Lipinski definition) is 2. The smallest absolute Gasteiger partial charge is 0.286 e. The zero-order valence-corrected chi connectivity index (χ0v) is 16.6. The number of benzene rings is 1. The fraction of sp³-hybridized carbons (Fsp3) is 0.286. The highest BCUT2D eigenvalue weighted by molar-refractivity contribution is 7.14. The van der Waals surface area contributed by atoms with Gasteiger partial charge in [0, 0.05) is 23.9 Å². The van der Waals surface area contributed by atoms with Crippen molar-refractivity contribution in [1.29, 1.82) is 0 Å². The van der Waals surface area contributed by atoms with E-state index in [9.17, 15) is 9.59 Å². The molecule has 0 unspecified atom stereocenters. The first-order valence-electron chi connectivity index (χ1n) is 9.32. The number of nitrogens with zero attached hydrogens (tertiary/aromatic N) is 1. The number of hydrogen-bond acceptors (Lipinski definition) is 5. The Morgan fingerprint density at radius 2 is 2.00 bits per heavy atom. The molecule has 0 atom stereocenters. The fourth-order valence-electron chi connectivity index (χ4n) is 2.65. The topological polar surface area (TPSA) is 84.2 Å². The molecule has 0 saturated heterocycles. The van der Waals surface area contributed by atoms with Crippen LogP contribution in [0, 0.1) is 0 Å². The molecule has 3 rings (SSSR count). The van der Waals surface area contributed by atoms with Gasteiger partial charge in [0.2, 0.25) is 5.91 Å². The number of rotatable bonds is 9. The van der Waals surface area contributed by atoms with Crippen LogP contribution in [0.5, 0.6) is 0 Å². The Labute approximate surface area is 168 Å². The van der Waals surface area contributed by atoms with Gasteiger partial charge in [0.25, 0.3) is 5.91 Å². The van der Waals surface area contributed by atoms with E-state index in [4.69, 9.17) is 4.42 Å². The van der Waals surface area contributed by atoms with Crippen molar-refractivity contribution in [2.75, 3.05) is 11.9 Å². The van der Waals surface area contributed by atoms with Crippen LogP contribution in [0.4, 0.5) is 5.13 Å². The summed E-state index contributed by atoms with van der Waals surface area (Å²) in [4.78, 5) is 28.3. The summed E-state index contributed by atoms with van der Waals surface area (Å²) in [6, 6.07) is 11.6. The van der Waals surface area contributed by atoms with Crippen LogP contribution in [0.15, 0.2) is 52.5 Å². The quantitative estimate of drug-likeness (QED) is 0.557. The largest absolute Gasteiger partial charge is 0.459 e. The summed E-state index contributed by atoms with van der Waals surface area (Å²) >= 11 is 1.38. The van der Waals surface area contributed by atoms with Gasteiger partial charge in [-0.25, -0.2) is 4.98 Å². The van der Waals surface area contributed by atoms with Gasteiger partial charge in [-0.05, 0) is 30.5 Å². The van der Waals surface area contributed by atoms with Crippen molar-refractivity contribution in [2.24, 2.45) is 0 Å². The second-order valence-electron chi connectivity index (χ2n) is 6.37. The maximum Gasteiger partial charge on any atom is 0.286 e. The number of anilines is 1. The van der Waals surface area contributed by atoms with Crippen LogP contribution in [0.2, 0.25) is 0 Å². The van der Waals surface area contributed by atoms with Crippen molar-refractivity contribution in [2.45, 2.75) is 32.6 Å². The lowest BCUT2D eigenvalue weighted by Crippen LogP contribution is -2.27. The average Bonchev–Trinajstić information content (AvgIpc) is 3.39. The van der Waals surface area contributed by atoms with Gasteiger partial charge in [-0.3, -0.25) is 9.59 Å². The van der Waals surface area contributed by atoms with E-state index in [2.05, 4.69) is 46.8 Å². The van der Waals surface area contributed by atoms with Crippen molar-refractivity contribution in [3.8, 4) is 11.3 Å². The van der Waals surface area contributed by atoms with Crippen molar-refractivity contribution >= 4 is 28.3 Å². The molecule has 3 aromatic rings. The molecule has 146 valence electrons. The fourth-order valence-corrected chi connectivity index (χ4v) is 3.39. The summed E-state index contributed by atoms with van der Waals surface area (Å²) in [7, 11) is 0. The molecule has 1 aromatic carbocycles. The van der Waals surface area contributed by atoms with Crippen LogP contribution in [0.25, 0.3) is 11.3 Å². The zero-order valence-electron chi connectivity index (χ0n) is 15.7. The number of furan rings is 1. The zero-order chi connectivity index (χ0) is 19.8. The Kier molecular flexibility index (Phi) is 6.97. The third-order valence-corrected chi connectivity index (χ3v) is 4.96. The molecule has 0 aliphatic carbocycles. The number of unbranched alkanes of at least 4 members (excludes halogenated alkanes) is 1. The molecule has 0 spiro atoms. The molecular formula is C21H23N3O3S. The molecule has 0 fully saturated rings. The van der Waals surface area contributed by atoms with E-state index in [1.54, 1.807) is 12.1 Å². The van der Waals surface area contributed by atoms with E-state index in [1.165, 1.54) is 36.0 Å². The van der Waals surface area contributed by atoms with Crippen LogP contribution < -0.4 is 10.6 Å². The van der Waals surface area contributed by atoms with Crippen LogP contribution in [0.1, 0.15) is 42.3 Å². The SMILES string of the molecule is CCCCc1ccc(-c2csc(NC(=O)CCNC(=O)c3ccco3)n2)cc1. The summed E-state index contributed by atoms with van der Waals surface area (Å²) in [5.41, 5.74) is 3.20. The molecule has 2 aromatic heterocycles. The van der Waals surface area contributed by atoms with E-state index in [0.29, 0.717) is 5.13 Å². The number of thiazole rings is 1. The Morgan fingerprint density at radius 1 is 1.18 bits per heavy atom. The number of amides is 2. The van der Waals surface area contributed by atoms with Crippen molar-refractivity contribution in [1.82, 2.24) is 10.3 Å². The summed E-state index contributed by atoms with van der Waals surface area (Å²) < 4.78 is 5.00. The van der Waals surface area contributed by atoms with E-state index in [-0.39, 0.29) is 30.5 Å². The Hall–Kier alpha value is -2.93. The predicted molar refractivity (Wildman–Crippen MR) is 110 cm³/mol. The number of aromatic nitrogens is 1. The van der Waals surface area contributed by atoms with Crippen LogP contribution in [-0.4, -0.2) is 23.3 Å². The minimum absolute atomic E-state index is 0.160. The van der Waals surface area contributed by atoms with E-state index >= 15 is 0 Å². The second kappa shape index (κ2) is 9.85. The predicted octanol–water partition coefficient (Wildman–Crippen LogP) is 4.50. The number of carbonyl (C=O) groups excluding carboxylic acids is 2. The summed E-state index contributed by atoms with van der Waals surface area (Å²) in [6.07, 6.45) is 5.05. The van der Waals surface area contributed by atoms with Gasteiger partial charge in [0.15, 0.2) is 10.9 Å². The maximum atomic E-state index is 12.1. The number of aryl methyl sites for hydroxylation is 1. The first-order chi connectivity index (χ1) is 13.7. The van der Waals surface area contributed by atoms with E-state index in [1.807, 2.05) is 5.38 Å². The Morgan fingerprint density at radius 3 is 2.71 bits per heavy atom. The maximum absolute atomic E-state index is 12.1. The Bertz CT molecular complexity index is 901. The van der Waals surface area contributed by atoms with Crippen LogP contribution in [-0.2, 0) is 11.2 Å². The van der Waals surface area contributed by atoms with Crippen molar-refractivity contribution in [3.63, 3.8) is 0 Å². The molecule has 28 heavy (non-hydrogen) atoms. The highest BCUT2D eigenvalue weighted by atomic mass is 32.1. The first kappa shape index (κ1) is 19.8. The molecule has 2 amide bonds. The van der Waals surface area contributed by atoms with Gasteiger partial charge >= 0.3 is 0 Å². The van der Waals surface area contributed by atoms with Crippen molar-refractivity contribution in [3.05, 3.63) is 59.4 Å². The summed E-state index contributed by atoms with van der Waals surface area (Å²) in [5, 5.41) is 7.89. The molecule has 6 nitrogen and oxygen atoms in total. The van der Waals surface area contributed by atoms with Gasteiger partial charge in [-0.15, -0.1) is 11.3 Å². The second-order valence-corrected chi connectivity index (χ2v) is 7.23. The molecule has 0 saturated carbocycles. The number of nitrogens with one attached hydrogen (secondary N) is 2. The lowest BCUT2D eigenvalue weighted by atomic mass is 10.1. The third-order valence-electron chi connectivity index (χ3n) is 4.20. The molecule has 2 N–H and O–H groups in total. The molecule has 0 radical (unpaired) electrons. The summed E-state index contributed by atoms with van der Waals surface area (Å²) in [6.45, 7) is 2.41. The monoisotopic (exact) mass is 397 g/mol. The van der Waals surface area contributed by atoms with Gasteiger partial charge in [-0.1, -0.05) is 37.6 Å². The summed E-state index contributed by atoms with van der Waals surface area (Å²) in [5.74, 6) is -0.307.